The average molecular weight is 785 g/mol. The minimum Gasteiger partial charge on any atom is -0.493 e. The van der Waals surface area contributed by atoms with E-state index in [0.717, 1.165) is 92.0 Å². The molecule has 10 aliphatic heterocycles. The van der Waals surface area contributed by atoms with Crippen LogP contribution in [0.4, 0.5) is 0 Å². The van der Waals surface area contributed by atoms with Crippen LogP contribution in [0.1, 0.15) is 0 Å². The molecule has 0 fully saturated rings. The van der Waals surface area contributed by atoms with Crippen LogP contribution in [0.15, 0.2) is 97.1 Å². The Kier molecular flexibility index (Phi) is 19.0. The molecule has 10 heterocycles. The van der Waals surface area contributed by atoms with E-state index in [0.29, 0.717) is 52.9 Å². The maximum atomic E-state index is 5.89. The normalized spacial score (nSPS) is 16.9. The molecule has 0 aliphatic carbocycles. The summed E-state index contributed by atoms with van der Waals surface area (Å²) in [5, 5.41) is 0. The van der Waals surface area contributed by atoms with Gasteiger partial charge in [-0.05, 0) is 97.1 Å². The van der Waals surface area contributed by atoms with Crippen LogP contribution in [0, 0.1) is 0 Å². The summed E-state index contributed by atoms with van der Waals surface area (Å²) in [4.78, 5) is 0. The zero-order valence-electron chi connectivity index (χ0n) is 29.5. The van der Waals surface area contributed by atoms with Crippen molar-refractivity contribution in [2.45, 2.75) is 0 Å². The summed E-state index contributed by atoms with van der Waals surface area (Å²) < 4.78 is 47.1. The molecule has 0 spiro atoms. The molecular formula is C40H48O8S4. The van der Waals surface area contributed by atoms with Crippen molar-refractivity contribution in [2.24, 2.45) is 0 Å². The standard InChI is InChI=1S/C40H48O8S4/c1-2-34-4-3-33(1)41-17-25-49-27-19-43-35-5-7-37(8-6-35)45-21-29-51-31-23-47-39-13-15-40(16-14-39)48-24-32-52-30-22-46-38-11-9-36(10-12-38)44-20-28-50-26-18-42-34/h1-16H,17-32H2. The topological polar surface area (TPSA) is 73.8 Å². The molecule has 4 aromatic rings. The number of hydrogen-bond acceptors (Lipinski definition) is 12. The van der Waals surface area contributed by atoms with E-state index in [9.17, 15) is 0 Å². The highest BCUT2D eigenvalue weighted by molar-refractivity contribution is 7.99. The monoisotopic (exact) mass is 784 g/mol. The maximum Gasteiger partial charge on any atom is 0.119 e. The molecule has 0 atom stereocenters. The fraction of sp³-hybridized carbons (Fsp3) is 0.400. The highest BCUT2D eigenvalue weighted by atomic mass is 32.2. The molecular weight excluding hydrogens is 737 g/mol. The number of ether oxygens (including phenoxy) is 8. The molecule has 280 valence electrons. The van der Waals surface area contributed by atoms with Crippen LogP contribution < -0.4 is 37.9 Å². The second-order valence-corrected chi connectivity index (χ2v) is 16.0. The van der Waals surface area contributed by atoms with Crippen LogP contribution in [0.5, 0.6) is 46.0 Å². The van der Waals surface area contributed by atoms with Crippen LogP contribution in [-0.4, -0.2) is 98.9 Å². The van der Waals surface area contributed by atoms with Crippen LogP contribution in [0.2, 0.25) is 0 Å². The van der Waals surface area contributed by atoms with Crippen molar-refractivity contribution in [2.75, 3.05) is 98.9 Å². The van der Waals surface area contributed by atoms with Crippen molar-refractivity contribution in [3.8, 4) is 46.0 Å². The lowest BCUT2D eigenvalue weighted by Gasteiger charge is -2.11. The highest BCUT2D eigenvalue weighted by Gasteiger charge is 2.03. The van der Waals surface area contributed by atoms with Gasteiger partial charge in [-0.2, -0.15) is 47.0 Å². The summed E-state index contributed by atoms with van der Waals surface area (Å²) in [6.07, 6.45) is 0. The van der Waals surface area contributed by atoms with Crippen LogP contribution in [-0.2, 0) is 0 Å². The molecule has 0 radical (unpaired) electrons. The molecule has 0 saturated heterocycles. The van der Waals surface area contributed by atoms with E-state index in [1.165, 1.54) is 0 Å². The third-order valence-electron chi connectivity index (χ3n) is 7.27. The Bertz CT molecular complexity index is 1150. The first kappa shape index (κ1) is 39.9. The Morgan fingerprint density at radius 1 is 0.212 bits per heavy atom. The first-order valence-corrected chi connectivity index (χ1v) is 22.2. The van der Waals surface area contributed by atoms with Crippen LogP contribution in [0.25, 0.3) is 0 Å². The van der Waals surface area contributed by atoms with Gasteiger partial charge in [-0.1, -0.05) is 0 Å². The van der Waals surface area contributed by atoms with Gasteiger partial charge >= 0.3 is 0 Å². The van der Waals surface area contributed by atoms with E-state index in [2.05, 4.69) is 0 Å². The minimum absolute atomic E-state index is 0.641. The molecule has 10 aliphatic rings. The maximum absolute atomic E-state index is 5.89. The number of thioether (sulfide) groups is 4. The Morgan fingerprint density at radius 2 is 0.327 bits per heavy atom. The Balaban J connectivity index is 1.00. The van der Waals surface area contributed by atoms with Gasteiger partial charge in [0.05, 0.1) is 52.9 Å². The molecule has 0 aromatic heterocycles. The van der Waals surface area contributed by atoms with E-state index in [4.69, 9.17) is 37.9 Å². The van der Waals surface area contributed by atoms with E-state index < -0.39 is 0 Å². The first-order chi connectivity index (χ1) is 25.8. The summed E-state index contributed by atoms with van der Waals surface area (Å²) in [5.74, 6) is 13.9. The predicted octanol–water partition coefficient (Wildman–Crippen LogP) is 8.76. The van der Waals surface area contributed by atoms with Gasteiger partial charge < -0.3 is 37.9 Å². The van der Waals surface area contributed by atoms with E-state index in [1.54, 1.807) is 0 Å². The number of hydrogen-bond donors (Lipinski definition) is 0. The summed E-state index contributed by atoms with van der Waals surface area (Å²) in [7, 11) is 0. The van der Waals surface area contributed by atoms with Gasteiger partial charge in [0.15, 0.2) is 0 Å². The smallest absolute Gasteiger partial charge is 0.119 e. The zero-order valence-corrected chi connectivity index (χ0v) is 32.7. The first-order valence-electron chi connectivity index (χ1n) is 17.5. The molecule has 0 amide bonds. The van der Waals surface area contributed by atoms with Gasteiger partial charge in [0.25, 0.3) is 0 Å². The summed E-state index contributed by atoms with van der Waals surface area (Å²) in [6.45, 7) is 5.12. The molecule has 12 heteroatoms. The molecule has 8 nitrogen and oxygen atoms in total. The van der Waals surface area contributed by atoms with Gasteiger partial charge in [0, 0.05) is 46.0 Å². The summed E-state index contributed by atoms with van der Waals surface area (Å²) >= 11 is 7.23. The van der Waals surface area contributed by atoms with Crippen molar-refractivity contribution in [3.05, 3.63) is 97.1 Å². The third kappa shape index (κ3) is 16.6. The van der Waals surface area contributed by atoms with E-state index in [-0.39, 0.29) is 0 Å². The molecule has 52 heavy (non-hydrogen) atoms. The quantitative estimate of drug-likeness (QED) is 0.171. The van der Waals surface area contributed by atoms with Crippen molar-refractivity contribution in [1.29, 1.82) is 0 Å². The molecule has 14 rings (SSSR count). The van der Waals surface area contributed by atoms with Gasteiger partial charge in [-0.25, -0.2) is 0 Å². The van der Waals surface area contributed by atoms with E-state index in [1.807, 2.05) is 144 Å². The van der Waals surface area contributed by atoms with Gasteiger partial charge in [0.1, 0.15) is 46.0 Å². The van der Waals surface area contributed by atoms with Crippen molar-refractivity contribution in [1.82, 2.24) is 0 Å². The highest BCUT2D eigenvalue weighted by Crippen LogP contribution is 2.22. The van der Waals surface area contributed by atoms with Gasteiger partial charge in [-0.3, -0.25) is 0 Å². The van der Waals surface area contributed by atoms with Gasteiger partial charge in [0.2, 0.25) is 0 Å². The molecule has 0 N–H and O–H groups in total. The lowest BCUT2D eigenvalue weighted by Crippen LogP contribution is -2.06. The second-order valence-electron chi connectivity index (χ2n) is 11.1. The Morgan fingerprint density at radius 3 is 0.442 bits per heavy atom. The number of benzene rings is 4. The lowest BCUT2D eigenvalue weighted by molar-refractivity contribution is 0.329. The van der Waals surface area contributed by atoms with Crippen molar-refractivity contribution >= 4 is 47.0 Å². The fourth-order valence-electron chi connectivity index (χ4n) is 4.68. The third-order valence-corrected chi connectivity index (χ3v) is 10.9. The van der Waals surface area contributed by atoms with Crippen molar-refractivity contribution in [3.63, 3.8) is 0 Å². The van der Waals surface area contributed by atoms with Crippen LogP contribution in [0.3, 0.4) is 0 Å². The second kappa shape index (κ2) is 24.8. The summed E-state index contributed by atoms with van der Waals surface area (Å²) in [6, 6.07) is 31.3. The minimum atomic E-state index is 0.641. The molecule has 0 unspecified atom stereocenters. The number of rotatable bonds is 0. The zero-order chi connectivity index (χ0) is 35.7. The van der Waals surface area contributed by atoms with Gasteiger partial charge in [-0.15, -0.1) is 0 Å². The molecule has 0 saturated carbocycles. The van der Waals surface area contributed by atoms with E-state index >= 15 is 0 Å². The largest absolute Gasteiger partial charge is 0.493 e. The summed E-state index contributed by atoms with van der Waals surface area (Å²) in [5.41, 5.74) is 0. The molecule has 4 aromatic carbocycles. The fourth-order valence-corrected chi connectivity index (χ4v) is 7.11. The lowest BCUT2D eigenvalue weighted by atomic mass is 10.3. The SMILES string of the molecule is c1cc2ccc1OCCSCCOc1ccc(cc1)OCCSCCOc1ccc(cc1)OCCSCCOc1ccc(cc1)OCCSCCO2. The predicted molar refractivity (Wildman–Crippen MR) is 219 cm³/mol. The Labute approximate surface area is 325 Å². The average Bonchev–Trinajstić information content (AvgIpc) is 3.18. The van der Waals surface area contributed by atoms with Crippen molar-refractivity contribution < 1.29 is 37.9 Å². The van der Waals surface area contributed by atoms with Crippen LogP contribution >= 0.6 is 47.0 Å². The molecule has 8 bridgehead atoms. The Hall–Kier alpha value is -3.32.